The first kappa shape index (κ1) is 19.0. The number of carbonyl (C=O) groups is 1. The van der Waals surface area contributed by atoms with Gasteiger partial charge in [0.2, 0.25) is 0 Å². The number of fused-ring (bicyclic) bond motifs is 1. The van der Waals surface area contributed by atoms with Gasteiger partial charge in [0.1, 0.15) is 11.5 Å². The van der Waals surface area contributed by atoms with Crippen molar-refractivity contribution in [3.8, 4) is 5.75 Å². The minimum atomic E-state index is -0.327. The molecule has 4 rings (SSSR count). The molecule has 0 spiro atoms. The summed E-state index contributed by atoms with van der Waals surface area (Å²) in [5, 5.41) is 2.30. The minimum Gasteiger partial charge on any atom is -0.494 e. The number of carbonyl (C=O) groups excluding carboxylic acids is 1. The summed E-state index contributed by atoms with van der Waals surface area (Å²) in [6, 6.07) is 20.2. The number of rotatable bonds is 6. The quantitative estimate of drug-likeness (QED) is 0.284. The molecule has 0 amide bonds. The number of benzene rings is 3. The van der Waals surface area contributed by atoms with Crippen molar-refractivity contribution in [1.82, 2.24) is 0 Å². The Balaban J connectivity index is 1.55. The van der Waals surface area contributed by atoms with Crippen molar-refractivity contribution in [3.05, 3.63) is 89.0 Å². The maximum atomic E-state index is 12.3. The highest BCUT2D eigenvalue weighted by Gasteiger charge is 2.22. The first-order chi connectivity index (χ1) is 14.1. The van der Waals surface area contributed by atoms with E-state index in [9.17, 15) is 4.79 Å². The third-order valence-electron chi connectivity index (χ3n) is 4.97. The summed E-state index contributed by atoms with van der Waals surface area (Å²) in [5.41, 5.74) is 3.61. The van der Waals surface area contributed by atoms with Crippen molar-refractivity contribution < 1.29 is 14.3 Å². The number of unbranched alkanes of at least 4 members (excludes halogenated alkanes) is 1. The van der Waals surface area contributed by atoms with Gasteiger partial charge in [-0.25, -0.2) is 4.79 Å². The molecule has 146 valence electrons. The van der Waals surface area contributed by atoms with Crippen LogP contribution in [0.4, 0.5) is 0 Å². The van der Waals surface area contributed by atoms with E-state index < -0.39 is 0 Å². The van der Waals surface area contributed by atoms with E-state index in [0.717, 1.165) is 41.7 Å². The van der Waals surface area contributed by atoms with Crippen molar-refractivity contribution >= 4 is 28.6 Å². The van der Waals surface area contributed by atoms with Crippen LogP contribution >= 0.6 is 0 Å². The molecule has 0 saturated heterocycles. The summed E-state index contributed by atoms with van der Waals surface area (Å²) in [7, 11) is 0. The summed E-state index contributed by atoms with van der Waals surface area (Å²) in [6.07, 6.45) is 5.80. The predicted molar refractivity (Wildman–Crippen MR) is 118 cm³/mol. The largest absolute Gasteiger partial charge is 0.494 e. The smallest absolute Gasteiger partial charge is 0.343 e. The second-order valence-corrected chi connectivity index (χ2v) is 7.33. The van der Waals surface area contributed by atoms with Crippen LogP contribution in [0.3, 0.4) is 0 Å². The van der Waals surface area contributed by atoms with E-state index in [1.54, 1.807) is 0 Å². The van der Waals surface area contributed by atoms with Crippen molar-refractivity contribution in [2.45, 2.75) is 26.7 Å². The van der Waals surface area contributed by atoms with Gasteiger partial charge in [-0.2, -0.15) is 0 Å². The highest BCUT2D eigenvalue weighted by Crippen LogP contribution is 2.30. The lowest BCUT2D eigenvalue weighted by atomic mass is 10.0. The molecule has 0 atom stereocenters. The topological polar surface area (TPSA) is 35.5 Å². The van der Waals surface area contributed by atoms with Gasteiger partial charge in [-0.3, -0.25) is 0 Å². The van der Waals surface area contributed by atoms with Crippen LogP contribution in [0, 0.1) is 6.92 Å². The Hall–Kier alpha value is -3.33. The lowest BCUT2D eigenvalue weighted by Gasteiger charge is -2.05. The fourth-order valence-corrected chi connectivity index (χ4v) is 3.32. The molecule has 0 aromatic heterocycles. The molecule has 1 aliphatic heterocycles. The fraction of sp³-hybridized carbons (Fsp3) is 0.192. The number of esters is 1. The zero-order valence-corrected chi connectivity index (χ0v) is 16.8. The number of hydrogen-bond acceptors (Lipinski definition) is 3. The summed E-state index contributed by atoms with van der Waals surface area (Å²) in [4.78, 5) is 12.3. The van der Waals surface area contributed by atoms with Crippen LogP contribution in [0.2, 0.25) is 0 Å². The van der Waals surface area contributed by atoms with Gasteiger partial charge in [0.15, 0.2) is 0 Å². The highest BCUT2D eigenvalue weighted by atomic mass is 16.5. The Labute approximate surface area is 171 Å². The molecule has 3 nitrogen and oxygen atoms in total. The molecule has 1 heterocycles. The van der Waals surface area contributed by atoms with Crippen LogP contribution in [-0.2, 0) is 9.53 Å². The predicted octanol–water partition coefficient (Wildman–Crippen LogP) is 6.31. The molecule has 0 saturated carbocycles. The SMILES string of the molecule is CCCCOc1ccc(/C=C2/C=C(c3ccc4cc(C)ccc4c3)OC2=O)cc1. The first-order valence-corrected chi connectivity index (χ1v) is 10.0. The lowest BCUT2D eigenvalue weighted by Crippen LogP contribution is -1.97. The van der Waals surface area contributed by atoms with Crippen LogP contribution < -0.4 is 4.74 Å². The van der Waals surface area contributed by atoms with E-state index in [0.29, 0.717) is 11.3 Å². The number of ether oxygens (including phenoxy) is 2. The van der Waals surface area contributed by atoms with Crippen molar-refractivity contribution in [2.24, 2.45) is 0 Å². The van der Waals surface area contributed by atoms with Crippen LogP contribution in [-0.4, -0.2) is 12.6 Å². The molecule has 0 unspecified atom stereocenters. The van der Waals surface area contributed by atoms with Crippen molar-refractivity contribution in [3.63, 3.8) is 0 Å². The number of hydrogen-bond donors (Lipinski definition) is 0. The number of aryl methyl sites for hydroxylation is 1. The third-order valence-corrected chi connectivity index (χ3v) is 4.97. The van der Waals surface area contributed by atoms with E-state index in [2.05, 4.69) is 44.2 Å². The molecule has 3 aromatic carbocycles. The molecular formula is C26H24O3. The summed E-state index contributed by atoms with van der Waals surface area (Å²) in [5.74, 6) is 1.10. The van der Waals surface area contributed by atoms with E-state index in [-0.39, 0.29) is 5.97 Å². The van der Waals surface area contributed by atoms with Crippen LogP contribution in [0.25, 0.3) is 22.6 Å². The summed E-state index contributed by atoms with van der Waals surface area (Å²) >= 11 is 0. The maximum absolute atomic E-state index is 12.3. The molecular weight excluding hydrogens is 360 g/mol. The lowest BCUT2D eigenvalue weighted by molar-refractivity contribution is -0.130. The van der Waals surface area contributed by atoms with Gasteiger partial charge < -0.3 is 9.47 Å². The van der Waals surface area contributed by atoms with Gasteiger partial charge in [0, 0.05) is 5.56 Å². The van der Waals surface area contributed by atoms with Gasteiger partial charge in [-0.05, 0) is 60.0 Å². The normalized spacial score (nSPS) is 14.9. The van der Waals surface area contributed by atoms with E-state index in [1.165, 1.54) is 10.9 Å². The van der Waals surface area contributed by atoms with Gasteiger partial charge in [-0.1, -0.05) is 61.4 Å². The van der Waals surface area contributed by atoms with Gasteiger partial charge in [0.25, 0.3) is 0 Å². The zero-order chi connectivity index (χ0) is 20.2. The molecule has 1 aliphatic rings. The summed E-state index contributed by atoms with van der Waals surface area (Å²) < 4.78 is 11.2. The van der Waals surface area contributed by atoms with Gasteiger partial charge in [-0.15, -0.1) is 0 Å². The Morgan fingerprint density at radius 1 is 0.966 bits per heavy atom. The molecule has 0 N–H and O–H groups in total. The van der Waals surface area contributed by atoms with E-state index in [1.807, 2.05) is 42.5 Å². The molecule has 0 fully saturated rings. The molecule has 3 aromatic rings. The third kappa shape index (κ3) is 4.40. The van der Waals surface area contributed by atoms with Crippen LogP contribution in [0.15, 0.2) is 72.3 Å². The van der Waals surface area contributed by atoms with Crippen molar-refractivity contribution in [1.29, 1.82) is 0 Å². The Morgan fingerprint density at radius 3 is 2.52 bits per heavy atom. The first-order valence-electron chi connectivity index (χ1n) is 10.0. The molecule has 0 aliphatic carbocycles. The zero-order valence-electron chi connectivity index (χ0n) is 16.8. The van der Waals surface area contributed by atoms with Gasteiger partial charge >= 0.3 is 5.97 Å². The standard InChI is InChI=1S/C26H24O3/c1-3-4-13-28-24-11-6-19(7-12-24)15-23-17-25(29-26(23)27)22-10-9-20-14-18(2)5-8-21(20)16-22/h5-12,14-17H,3-4,13H2,1-2H3/b23-15-. The Morgan fingerprint density at radius 2 is 1.72 bits per heavy atom. The number of cyclic esters (lactones) is 1. The van der Waals surface area contributed by atoms with Crippen LogP contribution in [0.1, 0.15) is 36.5 Å². The second kappa shape index (κ2) is 8.36. The fourth-order valence-electron chi connectivity index (χ4n) is 3.32. The molecule has 29 heavy (non-hydrogen) atoms. The van der Waals surface area contributed by atoms with E-state index >= 15 is 0 Å². The highest BCUT2D eigenvalue weighted by molar-refractivity contribution is 6.05. The van der Waals surface area contributed by atoms with Crippen molar-refractivity contribution in [2.75, 3.05) is 6.61 Å². The molecule has 3 heteroatoms. The Bertz CT molecular complexity index is 1100. The molecule has 0 bridgehead atoms. The summed E-state index contributed by atoms with van der Waals surface area (Å²) in [6.45, 7) is 4.94. The van der Waals surface area contributed by atoms with Gasteiger partial charge in [0.05, 0.1) is 12.2 Å². The maximum Gasteiger partial charge on any atom is 0.343 e. The average Bonchev–Trinajstić information content (AvgIpc) is 3.09. The monoisotopic (exact) mass is 384 g/mol. The minimum absolute atomic E-state index is 0.327. The second-order valence-electron chi connectivity index (χ2n) is 7.33. The average molecular weight is 384 g/mol. The van der Waals surface area contributed by atoms with Crippen LogP contribution in [0.5, 0.6) is 5.75 Å². The Kier molecular flexibility index (Phi) is 5.48. The molecule has 0 radical (unpaired) electrons. The van der Waals surface area contributed by atoms with E-state index in [4.69, 9.17) is 9.47 Å².